The second-order valence-electron chi connectivity index (χ2n) is 3.68. The summed E-state index contributed by atoms with van der Waals surface area (Å²) in [6, 6.07) is 0. The summed E-state index contributed by atoms with van der Waals surface area (Å²) in [5.41, 5.74) is -1.16. The van der Waals surface area contributed by atoms with E-state index in [2.05, 4.69) is 6.58 Å². The van der Waals surface area contributed by atoms with Gasteiger partial charge in [0, 0.05) is 6.08 Å². The van der Waals surface area contributed by atoms with Crippen molar-refractivity contribution in [3.63, 3.8) is 0 Å². The van der Waals surface area contributed by atoms with Gasteiger partial charge in [-0.15, -0.1) is 0 Å². The van der Waals surface area contributed by atoms with Crippen molar-refractivity contribution in [3.05, 3.63) is 12.7 Å². The molecular formula is C9H14O5S. The van der Waals surface area contributed by atoms with Gasteiger partial charge >= 0.3 is 5.97 Å². The Bertz CT molecular complexity index is 385. The molecule has 0 radical (unpaired) electrons. The first-order valence-electron chi connectivity index (χ1n) is 4.51. The van der Waals surface area contributed by atoms with Crippen LogP contribution in [-0.2, 0) is 23.8 Å². The van der Waals surface area contributed by atoms with Crippen molar-refractivity contribution in [2.75, 3.05) is 0 Å². The van der Waals surface area contributed by atoms with E-state index in [0.717, 1.165) is 6.08 Å². The molecule has 0 aliphatic carbocycles. The highest BCUT2D eigenvalue weighted by Gasteiger charge is 2.55. The second-order valence-corrected chi connectivity index (χ2v) is 5.57. The highest BCUT2D eigenvalue weighted by Crippen LogP contribution is 2.36. The van der Waals surface area contributed by atoms with E-state index in [-0.39, 0.29) is 0 Å². The van der Waals surface area contributed by atoms with Gasteiger partial charge in [0.25, 0.3) is 10.1 Å². The van der Waals surface area contributed by atoms with E-state index in [0.29, 0.717) is 0 Å². The van der Waals surface area contributed by atoms with Crippen molar-refractivity contribution in [1.29, 1.82) is 0 Å². The minimum absolute atomic E-state index is 0.656. The molecule has 86 valence electrons. The number of carbonyl (C=O) groups is 1. The zero-order valence-corrected chi connectivity index (χ0v) is 9.71. The molecule has 3 atom stereocenters. The molecule has 0 N–H and O–H groups in total. The number of hydrogen-bond acceptors (Lipinski definition) is 5. The van der Waals surface area contributed by atoms with E-state index in [4.69, 9.17) is 8.92 Å². The lowest BCUT2D eigenvalue weighted by Crippen LogP contribution is -2.46. The number of ether oxygens (including phenoxy) is 1. The molecule has 1 fully saturated rings. The van der Waals surface area contributed by atoms with Crippen LogP contribution in [0.4, 0.5) is 0 Å². The topological polar surface area (TPSA) is 69.7 Å². The molecule has 5 nitrogen and oxygen atoms in total. The Labute approximate surface area is 89.2 Å². The molecule has 0 aromatic carbocycles. The van der Waals surface area contributed by atoms with Gasteiger partial charge in [-0.1, -0.05) is 6.58 Å². The highest BCUT2D eigenvalue weighted by molar-refractivity contribution is 7.87. The lowest BCUT2D eigenvalue weighted by atomic mass is 9.96. The normalized spacial score (nSPS) is 38.6. The van der Waals surface area contributed by atoms with E-state index < -0.39 is 33.0 Å². The van der Waals surface area contributed by atoms with E-state index in [1.54, 1.807) is 6.92 Å². The molecule has 0 amide bonds. The Morgan fingerprint density at radius 3 is 2.40 bits per heavy atom. The zero-order chi connectivity index (χ0) is 11.9. The summed E-state index contributed by atoms with van der Waals surface area (Å²) in [5.74, 6) is -0.656. The average Bonchev–Trinajstić information content (AvgIpc) is 2.27. The summed E-state index contributed by atoms with van der Waals surface area (Å²) in [6.07, 6.45) is 0.303. The highest BCUT2D eigenvalue weighted by atomic mass is 32.2. The fourth-order valence-corrected chi connectivity index (χ4v) is 2.99. The molecule has 0 aromatic rings. The molecule has 1 aliphatic heterocycles. The fourth-order valence-electron chi connectivity index (χ4n) is 1.42. The quantitative estimate of drug-likeness (QED) is 0.398. The lowest BCUT2D eigenvalue weighted by Gasteiger charge is -2.28. The first kappa shape index (κ1) is 12.2. The maximum atomic E-state index is 11.4. The number of carbonyl (C=O) groups excluding carboxylic acids is 1. The molecule has 1 rings (SSSR count). The monoisotopic (exact) mass is 234 g/mol. The number of esters is 1. The van der Waals surface area contributed by atoms with Crippen molar-refractivity contribution >= 4 is 16.1 Å². The van der Waals surface area contributed by atoms with Gasteiger partial charge in [-0.2, -0.15) is 8.42 Å². The van der Waals surface area contributed by atoms with Gasteiger partial charge in [-0.25, -0.2) is 4.79 Å². The van der Waals surface area contributed by atoms with Crippen LogP contribution in [0.3, 0.4) is 0 Å². The van der Waals surface area contributed by atoms with Crippen molar-refractivity contribution in [2.45, 2.75) is 37.7 Å². The van der Waals surface area contributed by atoms with Gasteiger partial charge in [0.2, 0.25) is 0 Å². The molecule has 1 aliphatic rings. The molecule has 3 unspecified atom stereocenters. The Balaban J connectivity index is 3.03. The Morgan fingerprint density at radius 1 is 1.53 bits per heavy atom. The van der Waals surface area contributed by atoms with Crippen LogP contribution in [0, 0.1) is 0 Å². The average molecular weight is 234 g/mol. The molecule has 1 heterocycles. The maximum absolute atomic E-state index is 11.4. The van der Waals surface area contributed by atoms with Crippen LogP contribution in [0.5, 0.6) is 0 Å². The lowest BCUT2D eigenvalue weighted by molar-refractivity contribution is -0.157. The van der Waals surface area contributed by atoms with Gasteiger partial charge in [0.15, 0.2) is 5.60 Å². The van der Waals surface area contributed by atoms with Crippen LogP contribution in [0.1, 0.15) is 20.8 Å². The first-order valence-corrected chi connectivity index (χ1v) is 5.98. The second kappa shape index (κ2) is 3.61. The summed E-state index contributed by atoms with van der Waals surface area (Å²) in [4.78, 5) is 11.1. The predicted octanol–water partition coefficient (Wildman–Crippen LogP) is 0.611. The molecule has 6 heteroatoms. The first-order chi connectivity index (χ1) is 6.74. The van der Waals surface area contributed by atoms with Crippen LogP contribution in [-0.4, -0.2) is 31.3 Å². The van der Waals surface area contributed by atoms with Crippen LogP contribution in [0.15, 0.2) is 12.7 Å². The minimum Gasteiger partial charge on any atom is -0.452 e. The maximum Gasteiger partial charge on any atom is 0.330 e. The summed E-state index contributed by atoms with van der Waals surface area (Å²) >= 11 is 0. The van der Waals surface area contributed by atoms with Gasteiger partial charge < -0.3 is 4.74 Å². The minimum atomic E-state index is -3.65. The van der Waals surface area contributed by atoms with E-state index in [1.165, 1.54) is 13.8 Å². The Hall–Kier alpha value is -0.880. The standard InChI is InChI=1S/C9H14O5S/c1-5-8(10)13-9(4)6(2)14-15(11,12)7(9)3/h5-7H,1H2,2-4H3. The molecular weight excluding hydrogens is 220 g/mol. The molecule has 0 saturated carbocycles. The van der Waals surface area contributed by atoms with Crippen molar-refractivity contribution in [2.24, 2.45) is 0 Å². The third-order valence-corrected chi connectivity index (χ3v) is 4.70. The van der Waals surface area contributed by atoms with Crippen LogP contribution >= 0.6 is 0 Å². The van der Waals surface area contributed by atoms with E-state index in [1.807, 2.05) is 0 Å². The molecule has 0 aromatic heterocycles. The van der Waals surface area contributed by atoms with Gasteiger partial charge in [-0.3, -0.25) is 4.18 Å². The summed E-state index contributed by atoms with van der Waals surface area (Å²) in [5, 5.41) is -0.885. The Morgan fingerprint density at radius 2 is 2.07 bits per heavy atom. The van der Waals surface area contributed by atoms with Crippen molar-refractivity contribution in [1.82, 2.24) is 0 Å². The van der Waals surface area contributed by atoms with E-state index >= 15 is 0 Å². The molecule has 0 spiro atoms. The third-order valence-electron chi connectivity index (χ3n) is 2.81. The smallest absolute Gasteiger partial charge is 0.330 e. The van der Waals surface area contributed by atoms with E-state index in [9.17, 15) is 13.2 Å². The number of rotatable bonds is 2. The van der Waals surface area contributed by atoms with Crippen LogP contribution in [0.2, 0.25) is 0 Å². The largest absolute Gasteiger partial charge is 0.452 e. The zero-order valence-electron chi connectivity index (χ0n) is 8.89. The summed E-state index contributed by atoms with van der Waals surface area (Å²) in [6.45, 7) is 7.80. The van der Waals surface area contributed by atoms with Gasteiger partial charge in [0.05, 0.1) is 0 Å². The predicted molar refractivity (Wildman–Crippen MR) is 53.6 cm³/mol. The molecule has 1 saturated heterocycles. The van der Waals surface area contributed by atoms with Gasteiger partial charge in [0.1, 0.15) is 11.4 Å². The Kier molecular flexibility index (Phi) is 2.93. The third kappa shape index (κ3) is 1.91. The van der Waals surface area contributed by atoms with Crippen molar-refractivity contribution < 1.29 is 22.1 Å². The summed E-state index contributed by atoms with van der Waals surface area (Å²) in [7, 11) is -3.65. The van der Waals surface area contributed by atoms with Crippen LogP contribution in [0.25, 0.3) is 0 Å². The molecule has 15 heavy (non-hydrogen) atoms. The van der Waals surface area contributed by atoms with Gasteiger partial charge in [-0.05, 0) is 20.8 Å². The van der Waals surface area contributed by atoms with Crippen molar-refractivity contribution in [3.8, 4) is 0 Å². The SMILES string of the molecule is C=CC(=O)OC1(C)C(C)OS(=O)(=O)C1C. The summed E-state index contributed by atoms with van der Waals surface area (Å²) < 4.78 is 32.7. The molecule has 0 bridgehead atoms. The number of hydrogen-bond donors (Lipinski definition) is 0. The fraction of sp³-hybridized carbons (Fsp3) is 0.667. The van der Waals surface area contributed by atoms with Crippen LogP contribution < -0.4 is 0 Å².